The fourth-order valence-electron chi connectivity index (χ4n) is 6.38. The van der Waals surface area contributed by atoms with E-state index >= 15 is 0 Å². The van der Waals surface area contributed by atoms with Gasteiger partial charge in [-0.2, -0.15) is 0 Å². The number of rotatable bonds is 12. The number of nitrogens with one attached hydrogen (secondary N) is 3. The molecule has 0 unspecified atom stereocenters. The Morgan fingerprint density at radius 3 is 2.50 bits per heavy atom. The van der Waals surface area contributed by atoms with Gasteiger partial charge >= 0.3 is 0 Å². The fraction of sp³-hybridized carbons (Fsp3) is 0.361. The molecule has 1 heterocycles. The van der Waals surface area contributed by atoms with Crippen LogP contribution in [0.5, 0.6) is 17.2 Å². The van der Waals surface area contributed by atoms with Gasteiger partial charge in [-0.05, 0) is 72.2 Å². The summed E-state index contributed by atoms with van der Waals surface area (Å²) < 4.78 is 19.2. The molecule has 4 aromatic rings. The van der Waals surface area contributed by atoms with E-state index in [1.807, 2.05) is 31.3 Å². The smallest absolute Gasteiger partial charge is 0.220 e. The van der Waals surface area contributed by atoms with E-state index in [9.17, 15) is 14.4 Å². The molecule has 0 fully saturated rings. The molecule has 2 amide bonds. The number of nitrogens with zero attached hydrogens (tertiary/aromatic N) is 1. The lowest BCUT2D eigenvalue weighted by Crippen LogP contribution is -2.26. The zero-order valence-corrected chi connectivity index (χ0v) is 27.1. The molecule has 0 saturated carbocycles. The highest BCUT2D eigenvalue weighted by atomic mass is 16.5. The zero-order valence-electron chi connectivity index (χ0n) is 27.1. The van der Waals surface area contributed by atoms with Crippen molar-refractivity contribution in [1.82, 2.24) is 15.2 Å². The molecule has 3 N–H and O–H groups in total. The van der Waals surface area contributed by atoms with Crippen molar-refractivity contribution in [3.63, 3.8) is 0 Å². The number of para-hydroxylation sites is 1. The molecule has 1 atom stereocenters. The first kappa shape index (κ1) is 32.4. The number of hydrogen-bond donors (Lipinski definition) is 3. The van der Waals surface area contributed by atoms with Gasteiger partial charge in [0.15, 0.2) is 11.5 Å². The number of carbonyl (C=O) groups excluding carboxylic acids is 2. The van der Waals surface area contributed by atoms with Crippen molar-refractivity contribution >= 4 is 28.4 Å². The number of benzene rings is 2. The van der Waals surface area contributed by atoms with Crippen LogP contribution in [-0.4, -0.2) is 50.8 Å². The summed E-state index contributed by atoms with van der Waals surface area (Å²) in [6.07, 6.45) is 4.96. The Kier molecular flexibility index (Phi) is 10.1. The second-order valence-corrected chi connectivity index (χ2v) is 11.5. The number of aryl methyl sites for hydroxylation is 2. The maximum atomic E-state index is 13.5. The first-order valence-corrected chi connectivity index (χ1v) is 15.6. The second-order valence-electron chi connectivity index (χ2n) is 11.5. The normalized spacial score (nSPS) is 13.6. The van der Waals surface area contributed by atoms with Crippen molar-refractivity contribution in [2.75, 3.05) is 39.7 Å². The van der Waals surface area contributed by atoms with Gasteiger partial charge in [0.25, 0.3) is 0 Å². The molecule has 3 aromatic carbocycles. The topological polar surface area (TPSA) is 120 Å². The monoisotopic (exact) mass is 626 g/mol. The van der Waals surface area contributed by atoms with Crippen LogP contribution in [0.15, 0.2) is 59.5 Å². The molecule has 0 bridgehead atoms. The number of anilines is 1. The van der Waals surface area contributed by atoms with Crippen LogP contribution in [0.4, 0.5) is 5.69 Å². The van der Waals surface area contributed by atoms with E-state index in [0.29, 0.717) is 67.3 Å². The molecule has 0 radical (unpaired) electrons. The molecule has 1 aliphatic carbocycles. The van der Waals surface area contributed by atoms with E-state index in [4.69, 9.17) is 14.2 Å². The lowest BCUT2D eigenvalue weighted by atomic mass is 9.95. The van der Waals surface area contributed by atoms with Crippen LogP contribution in [0.3, 0.4) is 0 Å². The Morgan fingerprint density at radius 1 is 0.978 bits per heavy atom. The molecule has 242 valence electrons. The lowest BCUT2D eigenvalue weighted by Gasteiger charge is -2.19. The van der Waals surface area contributed by atoms with E-state index in [-0.39, 0.29) is 23.3 Å². The minimum Gasteiger partial charge on any atom is -0.493 e. The second kappa shape index (κ2) is 14.4. The highest BCUT2D eigenvalue weighted by molar-refractivity contribution is 5.85. The Morgan fingerprint density at radius 2 is 1.76 bits per heavy atom. The molecule has 5 rings (SSSR count). The summed E-state index contributed by atoms with van der Waals surface area (Å²) in [4.78, 5) is 38.2. The van der Waals surface area contributed by atoms with Crippen LogP contribution in [0.25, 0.3) is 22.0 Å². The molecule has 0 aliphatic heterocycles. The fourth-order valence-corrected chi connectivity index (χ4v) is 6.38. The van der Waals surface area contributed by atoms with Gasteiger partial charge in [0, 0.05) is 56.1 Å². The molecule has 10 nitrogen and oxygen atoms in total. The number of aromatic nitrogens is 1. The van der Waals surface area contributed by atoms with E-state index in [1.54, 1.807) is 33.5 Å². The standard InChI is InChI=1S/C36H42N4O6/c1-22(41)39-28-14-12-23-19-32(44-3)35(45-4)36(46-5)34(23)26-13-15-29(31(42)20-27(26)28)37-17-8-11-33(43)38-18-16-24-21-40(2)30-10-7-6-9-25(24)30/h6-7,9-10,13,15,19-21,28H,8,11-12,14,16-18H2,1-5H3,(H,37,42)(H,38,43)(H,39,41)/t28-/m0/s1. The van der Waals surface area contributed by atoms with Crippen molar-refractivity contribution in [2.24, 2.45) is 7.05 Å². The van der Waals surface area contributed by atoms with Crippen molar-refractivity contribution in [1.29, 1.82) is 0 Å². The number of amides is 2. The van der Waals surface area contributed by atoms with Gasteiger partial charge in [-0.1, -0.05) is 24.3 Å². The zero-order chi connectivity index (χ0) is 32.8. The summed E-state index contributed by atoms with van der Waals surface area (Å²) in [6.45, 7) is 2.47. The predicted molar refractivity (Wildman–Crippen MR) is 180 cm³/mol. The molecule has 0 saturated heterocycles. The number of hydrogen-bond acceptors (Lipinski definition) is 7. The number of fused-ring (bicyclic) bond motifs is 4. The number of carbonyl (C=O) groups is 2. The van der Waals surface area contributed by atoms with Crippen molar-refractivity contribution in [3.8, 4) is 28.4 Å². The van der Waals surface area contributed by atoms with Gasteiger partial charge in [-0.3, -0.25) is 14.4 Å². The average molecular weight is 627 g/mol. The van der Waals surface area contributed by atoms with Gasteiger partial charge in [0.05, 0.1) is 33.1 Å². The molecular formula is C36H42N4O6. The number of methoxy groups -OCH3 is 3. The first-order valence-electron chi connectivity index (χ1n) is 15.6. The average Bonchev–Trinajstić information content (AvgIpc) is 3.17. The number of ether oxygens (including phenoxy) is 3. The Hall–Kier alpha value is -4.99. The first-order chi connectivity index (χ1) is 22.2. The van der Waals surface area contributed by atoms with Gasteiger partial charge in [-0.15, -0.1) is 0 Å². The van der Waals surface area contributed by atoms with Crippen molar-refractivity contribution < 1.29 is 23.8 Å². The third-order valence-electron chi connectivity index (χ3n) is 8.51. The minimum absolute atomic E-state index is 0.0269. The molecule has 10 heteroatoms. The van der Waals surface area contributed by atoms with E-state index in [1.165, 1.54) is 23.4 Å². The van der Waals surface area contributed by atoms with Gasteiger partial charge in [-0.25, -0.2) is 0 Å². The van der Waals surface area contributed by atoms with E-state index in [2.05, 4.69) is 38.8 Å². The third kappa shape index (κ3) is 6.80. The Bertz CT molecular complexity index is 1820. The third-order valence-corrected chi connectivity index (χ3v) is 8.51. The largest absolute Gasteiger partial charge is 0.493 e. The predicted octanol–water partition coefficient (Wildman–Crippen LogP) is 4.91. The SMILES string of the molecule is COc1cc2c(c(OC)c1OC)-c1ccc(NCCCC(=O)NCCc3cn(C)c4ccccc34)c(=O)cc1[C@@H](NC(C)=O)CC2. The quantitative estimate of drug-likeness (QED) is 0.191. The van der Waals surface area contributed by atoms with Crippen LogP contribution < -0.4 is 35.6 Å². The van der Waals surface area contributed by atoms with Crippen LogP contribution in [0.1, 0.15) is 48.9 Å². The maximum Gasteiger partial charge on any atom is 0.220 e. The highest BCUT2D eigenvalue weighted by Gasteiger charge is 2.29. The summed E-state index contributed by atoms with van der Waals surface area (Å²) in [5.74, 6) is 1.29. The summed E-state index contributed by atoms with van der Waals surface area (Å²) in [7, 11) is 6.73. The molecule has 0 spiro atoms. The van der Waals surface area contributed by atoms with Crippen LogP contribution >= 0.6 is 0 Å². The summed E-state index contributed by atoms with van der Waals surface area (Å²) in [5.41, 5.74) is 5.80. The molecule has 1 aliphatic rings. The van der Waals surface area contributed by atoms with Gasteiger partial charge in [0.2, 0.25) is 23.0 Å². The highest BCUT2D eigenvalue weighted by Crippen LogP contribution is 2.50. The Balaban J connectivity index is 1.30. The Labute approximate surface area is 269 Å². The lowest BCUT2D eigenvalue weighted by molar-refractivity contribution is -0.121. The van der Waals surface area contributed by atoms with Crippen LogP contribution in [-0.2, 0) is 29.5 Å². The van der Waals surface area contributed by atoms with Gasteiger partial charge in [0.1, 0.15) is 0 Å². The summed E-state index contributed by atoms with van der Waals surface area (Å²) >= 11 is 0. The molecule has 1 aromatic heterocycles. The van der Waals surface area contributed by atoms with Crippen LogP contribution in [0.2, 0.25) is 0 Å². The minimum atomic E-state index is -0.382. The van der Waals surface area contributed by atoms with E-state index < -0.39 is 0 Å². The maximum absolute atomic E-state index is 13.5. The molecular weight excluding hydrogens is 584 g/mol. The van der Waals surface area contributed by atoms with Crippen molar-refractivity contribution in [2.45, 2.75) is 45.1 Å². The van der Waals surface area contributed by atoms with Crippen LogP contribution in [0, 0.1) is 0 Å². The van der Waals surface area contributed by atoms with E-state index in [0.717, 1.165) is 23.1 Å². The summed E-state index contributed by atoms with van der Waals surface area (Å²) in [5, 5.41) is 10.5. The van der Waals surface area contributed by atoms with Crippen molar-refractivity contribution in [3.05, 3.63) is 81.6 Å². The molecule has 46 heavy (non-hydrogen) atoms. The summed E-state index contributed by atoms with van der Waals surface area (Å²) in [6, 6.07) is 15.0. The van der Waals surface area contributed by atoms with Gasteiger partial charge < -0.3 is 34.7 Å².